The molecule has 0 N–H and O–H groups in total. The zero-order chi connectivity index (χ0) is 14.0. The van der Waals surface area contributed by atoms with E-state index in [0.29, 0.717) is 15.6 Å². The van der Waals surface area contributed by atoms with Crippen LogP contribution in [-0.2, 0) is 0 Å². The Labute approximate surface area is 129 Å². The largest absolute Gasteiger partial charge is 0.437 e. The molecule has 2 aromatic rings. The van der Waals surface area contributed by atoms with Gasteiger partial charge in [0.25, 0.3) is 0 Å². The highest BCUT2D eigenvalue weighted by Crippen LogP contribution is 2.36. The highest BCUT2D eigenvalue weighted by Gasteiger charge is 2.10. The van der Waals surface area contributed by atoms with Crippen LogP contribution in [0.4, 0.5) is 0 Å². The maximum atomic E-state index is 8.83. The molecule has 1 aromatic carbocycles. The summed E-state index contributed by atoms with van der Waals surface area (Å²) in [6, 6.07) is 7.72. The summed E-state index contributed by atoms with van der Waals surface area (Å²) in [5, 5.41) is 9.86. The zero-order valence-corrected chi connectivity index (χ0v) is 12.1. The normalized spacial score (nSPS) is 10.1. The van der Waals surface area contributed by atoms with Crippen LogP contribution in [0.15, 0.2) is 24.3 Å². The first-order chi connectivity index (χ1) is 8.99. The van der Waals surface area contributed by atoms with Gasteiger partial charge in [-0.3, -0.25) is 0 Å². The predicted octanol–water partition coefficient (Wildman–Crippen LogP) is 5.36. The molecule has 0 aliphatic rings. The molecule has 0 spiro atoms. The minimum absolute atomic E-state index is 0.143. The molecule has 0 aliphatic heterocycles. The van der Waals surface area contributed by atoms with Gasteiger partial charge in [0.05, 0.1) is 26.7 Å². The molecule has 19 heavy (non-hydrogen) atoms. The topological polar surface area (TPSA) is 45.9 Å². The van der Waals surface area contributed by atoms with Crippen LogP contribution in [0.2, 0.25) is 20.2 Å². The molecular formula is C12H4Cl4N2O. The Morgan fingerprint density at radius 2 is 1.63 bits per heavy atom. The number of benzene rings is 1. The Bertz CT molecular complexity index is 682. The van der Waals surface area contributed by atoms with E-state index in [1.807, 2.05) is 6.07 Å². The van der Waals surface area contributed by atoms with Gasteiger partial charge in [0.2, 0.25) is 5.88 Å². The first kappa shape index (κ1) is 14.2. The number of halogens is 4. The number of hydrogen-bond acceptors (Lipinski definition) is 3. The van der Waals surface area contributed by atoms with E-state index in [4.69, 9.17) is 56.4 Å². The van der Waals surface area contributed by atoms with Crippen LogP contribution in [0.1, 0.15) is 5.56 Å². The summed E-state index contributed by atoms with van der Waals surface area (Å²) in [6.07, 6.45) is 0. The SMILES string of the molecule is N#Cc1cc(Cl)nc(Oc2cc(Cl)c(Cl)cc2Cl)c1. The average molecular weight is 334 g/mol. The fourth-order valence-electron chi connectivity index (χ4n) is 1.28. The van der Waals surface area contributed by atoms with Crippen molar-refractivity contribution in [2.75, 3.05) is 0 Å². The lowest BCUT2D eigenvalue weighted by atomic mass is 10.3. The molecule has 0 unspecified atom stereocenters. The number of hydrogen-bond donors (Lipinski definition) is 0. The van der Waals surface area contributed by atoms with E-state index in [2.05, 4.69) is 4.98 Å². The highest BCUT2D eigenvalue weighted by molar-refractivity contribution is 6.43. The maximum absolute atomic E-state index is 8.83. The number of ether oxygens (including phenoxy) is 1. The molecule has 0 radical (unpaired) electrons. The van der Waals surface area contributed by atoms with Crippen molar-refractivity contribution in [3.05, 3.63) is 50.0 Å². The second-order valence-electron chi connectivity index (χ2n) is 3.43. The van der Waals surface area contributed by atoms with Crippen molar-refractivity contribution in [1.82, 2.24) is 4.98 Å². The van der Waals surface area contributed by atoms with E-state index in [1.54, 1.807) is 0 Å². The van der Waals surface area contributed by atoms with Gasteiger partial charge < -0.3 is 4.74 Å². The zero-order valence-electron chi connectivity index (χ0n) is 9.12. The van der Waals surface area contributed by atoms with Gasteiger partial charge in [0.1, 0.15) is 10.9 Å². The number of nitrogens with zero attached hydrogens (tertiary/aromatic N) is 2. The van der Waals surface area contributed by atoms with Crippen LogP contribution in [0.3, 0.4) is 0 Å². The summed E-state index contributed by atoms with van der Waals surface area (Å²) >= 11 is 23.4. The number of nitriles is 1. The molecule has 0 saturated heterocycles. The maximum Gasteiger partial charge on any atom is 0.222 e. The molecular weight excluding hydrogens is 330 g/mol. The first-order valence-electron chi connectivity index (χ1n) is 4.89. The molecule has 2 rings (SSSR count). The molecule has 0 atom stereocenters. The Hall–Kier alpha value is -1.18. The molecule has 1 heterocycles. The lowest BCUT2D eigenvalue weighted by Crippen LogP contribution is -1.91. The van der Waals surface area contributed by atoms with Gasteiger partial charge in [0, 0.05) is 12.1 Å². The lowest BCUT2D eigenvalue weighted by molar-refractivity contribution is 0.463. The minimum atomic E-state index is 0.143. The third kappa shape index (κ3) is 3.43. The second kappa shape index (κ2) is 5.85. The quantitative estimate of drug-likeness (QED) is 0.549. The van der Waals surface area contributed by atoms with Crippen LogP contribution in [0, 0.1) is 11.3 Å². The summed E-state index contributed by atoms with van der Waals surface area (Å²) in [4.78, 5) is 3.93. The molecule has 0 fully saturated rings. The van der Waals surface area contributed by atoms with Crippen molar-refractivity contribution in [1.29, 1.82) is 5.26 Å². The van der Waals surface area contributed by atoms with Crippen molar-refractivity contribution < 1.29 is 4.74 Å². The van der Waals surface area contributed by atoms with Gasteiger partial charge in [-0.25, -0.2) is 4.98 Å². The van der Waals surface area contributed by atoms with Crippen molar-refractivity contribution in [3.63, 3.8) is 0 Å². The second-order valence-corrected chi connectivity index (χ2v) is 5.04. The predicted molar refractivity (Wildman–Crippen MR) is 75.5 cm³/mol. The highest BCUT2D eigenvalue weighted by atomic mass is 35.5. The molecule has 7 heteroatoms. The first-order valence-corrected chi connectivity index (χ1v) is 6.41. The fourth-order valence-corrected chi connectivity index (χ4v) is 2.06. The third-order valence-corrected chi connectivity index (χ3v) is 3.30. The van der Waals surface area contributed by atoms with Crippen molar-refractivity contribution in [2.24, 2.45) is 0 Å². The summed E-state index contributed by atoms with van der Waals surface area (Å²) in [5.74, 6) is 0.416. The number of rotatable bonds is 2. The van der Waals surface area contributed by atoms with Crippen LogP contribution in [0.25, 0.3) is 0 Å². The van der Waals surface area contributed by atoms with Crippen molar-refractivity contribution in [2.45, 2.75) is 0 Å². The van der Waals surface area contributed by atoms with Crippen molar-refractivity contribution >= 4 is 46.4 Å². The number of pyridine rings is 1. The molecule has 0 bridgehead atoms. The van der Waals surface area contributed by atoms with E-state index in [9.17, 15) is 0 Å². The molecule has 1 aromatic heterocycles. The van der Waals surface area contributed by atoms with Gasteiger partial charge in [-0.15, -0.1) is 0 Å². The fraction of sp³-hybridized carbons (Fsp3) is 0. The summed E-state index contributed by atoms with van der Waals surface area (Å²) in [6.45, 7) is 0. The van der Waals surface area contributed by atoms with E-state index in [1.165, 1.54) is 24.3 Å². The lowest BCUT2D eigenvalue weighted by Gasteiger charge is -2.08. The Morgan fingerprint density at radius 3 is 2.32 bits per heavy atom. The Morgan fingerprint density at radius 1 is 0.947 bits per heavy atom. The standard InChI is InChI=1S/C12H4Cl4N2O/c13-7-3-9(15)10(4-8(7)14)19-12-2-6(5-17)1-11(16)18-12/h1-4H. The third-order valence-electron chi connectivity index (χ3n) is 2.09. The molecule has 96 valence electrons. The van der Waals surface area contributed by atoms with E-state index in [0.717, 1.165) is 0 Å². The molecule has 0 amide bonds. The summed E-state index contributed by atoms with van der Waals surface area (Å²) < 4.78 is 5.45. The molecule has 3 nitrogen and oxygen atoms in total. The van der Waals surface area contributed by atoms with Gasteiger partial charge in [0.15, 0.2) is 0 Å². The average Bonchev–Trinajstić information content (AvgIpc) is 2.35. The van der Waals surface area contributed by atoms with Crippen LogP contribution >= 0.6 is 46.4 Å². The van der Waals surface area contributed by atoms with Crippen LogP contribution in [-0.4, -0.2) is 4.98 Å². The van der Waals surface area contributed by atoms with E-state index in [-0.39, 0.29) is 21.8 Å². The Kier molecular flexibility index (Phi) is 4.38. The van der Waals surface area contributed by atoms with Gasteiger partial charge in [-0.1, -0.05) is 46.4 Å². The smallest absolute Gasteiger partial charge is 0.222 e. The minimum Gasteiger partial charge on any atom is -0.437 e. The Balaban J connectivity index is 2.39. The monoisotopic (exact) mass is 332 g/mol. The van der Waals surface area contributed by atoms with Crippen molar-refractivity contribution in [3.8, 4) is 17.7 Å². The summed E-state index contributed by atoms with van der Waals surface area (Å²) in [7, 11) is 0. The molecule has 0 saturated carbocycles. The van der Waals surface area contributed by atoms with E-state index < -0.39 is 0 Å². The number of aromatic nitrogens is 1. The summed E-state index contributed by atoms with van der Waals surface area (Å²) in [5.41, 5.74) is 0.325. The van der Waals surface area contributed by atoms with Gasteiger partial charge >= 0.3 is 0 Å². The van der Waals surface area contributed by atoms with E-state index >= 15 is 0 Å². The van der Waals surface area contributed by atoms with Gasteiger partial charge in [-0.2, -0.15) is 5.26 Å². The van der Waals surface area contributed by atoms with Gasteiger partial charge in [-0.05, 0) is 12.1 Å². The van der Waals surface area contributed by atoms with Crippen LogP contribution in [0.5, 0.6) is 11.6 Å². The van der Waals surface area contributed by atoms with Crippen LogP contribution < -0.4 is 4.74 Å². The molecule has 0 aliphatic carbocycles.